The summed E-state index contributed by atoms with van der Waals surface area (Å²) in [5, 5.41) is 7.14. The first-order chi connectivity index (χ1) is 18.1. The molecule has 3 heterocycles. The Morgan fingerprint density at radius 2 is 1.73 bits per heavy atom. The first-order valence-electron chi connectivity index (χ1n) is 13.0. The van der Waals surface area contributed by atoms with E-state index in [1.807, 2.05) is 47.4 Å². The van der Waals surface area contributed by atoms with Gasteiger partial charge in [-0.05, 0) is 81.6 Å². The van der Waals surface area contributed by atoms with E-state index < -0.39 is 0 Å². The fourth-order valence-corrected chi connectivity index (χ4v) is 5.00. The number of likely N-dealkylation sites (tertiary alicyclic amines) is 2. The molecule has 0 radical (unpaired) electrons. The Morgan fingerprint density at radius 1 is 1.00 bits per heavy atom. The number of aromatic nitrogens is 2. The van der Waals surface area contributed by atoms with Crippen molar-refractivity contribution in [3.05, 3.63) is 60.0 Å². The summed E-state index contributed by atoms with van der Waals surface area (Å²) in [7, 11) is 1.63. The molecule has 2 fully saturated rings. The van der Waals surface area contributed by atoms with Crippen molar-refractivity contribution in [1.82, 2.24) is 19.9 Å². The van der Waals surface area contributed by atoms with Crippen molar-refractivity contribution < 1.29 is 18.8 Å². The molecule has 37 heavy (non-hydrogen) atoms. The molecule has 2 aliphatic heterocycles. The molecule has 5 rings (SSSR count). The van der Waals surface area contributed by atoms with E-state index in [-0.39, 0.29) is 17.7 Å². The van der Waals surface area contributed by atoms with Gasteiger partial charge in [0.25, 0.3) is 5.91 Å². The number of rotatable bonds is 7. The van der Waals surface area contributed by atoms with Crippen LogP contribution in [0.2, 0.25) is 0 Å². The molecule has 9 nitrogen and oxygen atoms in total. The van der Waals surface area contributed by atoms with Crippen molar-refractivity contribution >= 4 is 17.5 Å². The lowest BCUT2D eigenvalue weighted by Gasteiger charge is -2.30. The van der Waals surface area contributed by atoms with Gasteiger partial charge in [-0.1, -0.05) is 17.3 Å². The molecule has 1 aromatic heterocycles. The zero-order valence-corrected chi connectivity index (χ0v) is 21.2. The van der Waals surface area contributed by atoms with Crippen LogP contribution >= 0.6 is 0 Å². The zero-order valence-electron chi connectivity index (χ0n) is 21.2. The van der Waals surface area contributed by atoms with Crippen LogP contribution < -0.4 is 10.1 Å². The molecule has 2 saturated heterocycles. The number of hydrogen-bond acceptors (Lipinski definition) is 7. The molecule has 2 aromatic carbocycles. The molecule has 0 spiro atoms. The number of piperidine rings is 2. The molecule has 0 saturated carbocycles. The fourth-order valence-electron chi connectivity index (χ4n) is 5.00. The van der Waals surface area contributed by atoms with E-state index in [1.54, 1.807) is 13.2 Å². The van der Waals surface area contributed by atoms with Gasteiger partial charge >= 0.3 is 0 Å². The Hall–Kier alpha value is -3.72. The van der Waals surface area contributed by atoms with Crippen LogP contribution in [0.15, 0.2) is 53.1 Å². The predicted octanol–water partition coefficient (Wildman–Crippen LogP) is 4.22. The number of amides is 2. The quantitative estimate of drug-likeness (QED) is 0.515. The van der Waals surface area contributed by atoms with Crippen LogP contribution in [0.5, 0.6) is 5.75 Å². The van der Waals surface area contributed by atoms with Crippen molar-refractivity contribution in [1.29, 1.82) is 0 Å². The van der Waals surface area contributed by atoms with E-state index >= 15 is 0 Å². The van der Waals surface area contributed by atoms with E-state index in [0.29, 0.717) is 29.5 Å². The van der Waals surface area contributed by atoms with Crippen LogP contribution in [0.1, 0.15) is 48.4 Å². The third-order valence-electron chi connectivity index (χ3n) is 7.19. The van der Waals surface area contributed by atoms with E-state index in [9.17, 15) is 9.59 Å². The number of para-hydroxylation sites is 1. The maximum absolute atomic E-state index is 13.1. The maximum Gasteiger partial charge on any atom is 0.255 e. The lowest BCUT2D eigenvalue weighted by atomic mass is 9.95. The largest absolute Gasteiger partial charge is 0.497 e. The minimum absolute atomic E-state index is 0.000939. The number of benzene rings is 2. The highest BCUT2D eigenvalue weighted by Gasteiger charge is 2.28. The Kier molecular flexibility index (Phi) is 7.79. The third-order valence-corrected chi connectivity index (χ3v) is 7.19. The molecular formula is C28H33N5O4. The highest BCUT2D eigenvalue weighted by molar-refractivity contribution is 6.04. The molecule has 3 aromatic rings. The summed E-state index contributed by atoms with van der Waals surface area (Å²) in [5.74, 6) is 1.74. The highest BCUT2D eigenvalue weighted by atomic mass is 16.5. The number of nitrogens with one attached hydrogen (secondary N) is 1. The predicted molar refractivity (Wildman–Crippen MR) is 139 cm³/mol. The molecule has 0 unspecified atom stereocenters. The molecule has 0 aliphatic carbocycles. The average Bonchev–Trinajstić information content (AvgIpc) is 3.42. The summed E-state index contributed by atoms with van der Waals surface area (Å²) in [6.45, 7) is 3.62. The second kappa shape index (κ2) is 11.6. The van der Waals surface area contributed by atoms with Gasteiger partial charge in [0, 0.05) is 24.6 Å². The monoisotopic (exact) mass is 503 g/mol. The van der Waals surface area contributed by atoms with Crippen molar-refractivity contribution in [2.75, 3.05) is 38.6 Å². The number of carbonyl (C=O) groups is 2. The van der Waals surface area contributed by atoms with Gasteiger partial charge in [0.2, 0.25) is 17.6 Å². The van der Waals surface area contributed by atoms with E-state index in [2.05, 4.69) is 20.4 Å². The summed E-state index contributed by atoms with van der Waals surface area (Å²) in [5.41, 5.74) is 2.03. The van der Waals surface area contributed by atoms with Crippen LogP contribution in [0.4, 0.5) is 5.69 Å². The second-order valence-corrected chi connectivity index (χ2v) is 9.68. The number of nitrogens with zero attached hydrogens (tertiary/aromatic N) is 4. The van der Waals surface area contributed by atoms with Crippen molar-refractivity contribution in [2.24, 2.45) is 5.92 Å². The first-order valence-corrected chi connectivity index (χ1v) is 13.0. The fraction of sp³-hybridized carbons (Fsp3) is 0.429. The van der Waals surface area contributed by atoms with Gasteiger partial charge in [0.05, 0.1) is 24.9 Å². The standard InChI is InChI=1S/C28H33N5O4/c1-36-22-11-9-20(10-12-22)26-30-25(37-31-26)19-32-17-13-21(14-18-32)27(34)29-24-8-4-3-7-23(24)28(35)33-15-5-2-6-16-33/h3-4,7-12,21H,2,5-6,13-19H2,1H3,(H,29,34). The van der Waals surface area contributed by atoms with Gasteiger partial charge in [-0.15, -0.1) is 0 Å². The van der Waals surface area contributed by atoms with Crippen LogP contribution in [0, 0.1) is 5.92 Å². The van der Waals surface area contributed by atoms with Crippen molar-refractivity contribution in [3.8, 4) is 17.1 Å². The lowest BCUT2D eigenvalue weighted by molar-refractivity contribution is -0.121. The number of methoxy groups -OCH3 is 1. The topological polar surface area (TPSA) is 101 Å². The second-order valence-electron chi connectivity index (χ2n) is 9.68. The molecular weight excluding hydrogens is 470 g/mol. The van der Waals surface area contributed by atoms with Gasteiger partial charge in [0.15, 0.2) is 0 Å². The maximum atomic E-state index is 13.1. The molecule has 1 N–H and O–H groups in total. The van der Waals surface area contributed by atoms with Crippen LogP contribution in [-0.2, 0) is 11.3 Å². The average molecular weight is 504 g/mol. The molecule has 0 atom stereocenters. The smallest absolute Gasteiger partial charge is 0.255 e. The number of carbonyl (C=O) groups excluding carboxylic acids is 2. The Balaban J connectivity index is 1.14. The molecule has 2 amide bonds. The highest BCUT2D eigenvalue weighted by Crippen LogP contribution is 2.25. The Morgan fingerprint density at radius 3 is 2.46 bits per heavy atom. The van der Waals surface area contributed by atoms with Gasteiger partial charge in [-0.3, -0.25) is 14.5 Å². The zero-order chi connectivity index (χ0) is 25.6. The Labute approximate surface area is 216 Å². The summed E-state index contributed by atoms with van der Waals surface area (Å²) in [6, 6.07) is 14.9. The van der Waals surface area contributed by atoms with Crippen LogP contribution in [-0.4, -0.2) is 65.0 Å². The summed E-state index contributed by atoms with van der Waals surface area (Å²) in [4.78, 5) is 34.8. The number of hydrogen-bond donors (Lipinski definition) is 1. The van der Waals surface area contributed by atoms with E-state index in [1.165, 1.54) is 0 Å². The third kappa shape index (κ3) is 5.99. The number of anilines is 1. The van der Waals surface area contributed by atoms with Gasteiger partial charge < -0.3 is 19.5 Å². The first kappa shape index (κ1) is 25.0. The van der Waals surface area contributed by atoms with Crippen LogP contribution in [0.25, 0.3) is 11.4 Å². The van der Waals surface area contributed by atoms with E-state index in [4.69, 9.17) is 9.26 Å². The van der Waals surface area contributed by atoms with Crippen molar-refractivity contribution in [2.45, 2.75) is 38.6 Å². The van der Waals surface area contributed by atoms with Gasteiger partial charge in [-0.25, -0.2) is 0 Å². The summed E-state index contributed by atoms with van der Waals surface area (Å²) in [6.07, 6.45) is 4.69. The minimum atomic E-state index is -0.105. The van der Waals surface area contributed by atoms with E-state index in [0.717, 1.165) is 69.6 Å². The molecule has 0 bridgehead atoms. The summed E-state index contributed by atoms with van der Waals surface area (Å²) >= 11 is 0. The molecule has 2 aliphatic rings. The Bertz CT molecular complexity index is 1210. The van der Waals surface area contributed by atoms with Gasteiger partial charge in [0.1, 0.15) is 5.75 Å². The van der Waals surface area contributed by atoms with Crippen molar-refractivity contribution in [3.63, 3.8) is 0 Å². The lowest BCUT2D eigenvalue weighted by Crippen LogP contribution is -2.38. The van der Waals surface area contributed by atoms with Crippen LogP contribution in [0.3, 0.4) is 0 Å². The summed E-state index contributed by atoms with van der Waals surface area (Å²) < 4.78 is 10.7. The molecule has 9 heteroatoms. The minimum Gasteiger partial charge on any atom is -0.497 e. The number of ether oxygens (including phenoxy) is 1. The normalized spacial score (nSPS) is 16.9. The SMILES string of the molecule is COc1ccc(-c2noc(CN3CCC(C(=O)Nc4ccccc4C(=O)N4CCCCC4)CC3)n2)cc1. The van der Waals surface area contributed by atoms with Gasteiger partial charge in [-0.2, -0.15) is 4.98 Å². The molecule has 194 valence electrons.